The quantitative estimate of drug-likeness (QED) is 0.862. The molecule has 138 valence electrons. The van der Waals surface area contributed by atoms with Gasteiger partial charge in [-0.25, -0.2) is 9.18 Å². The third kappa shape index (κ3) is 4.84. The van der Waals surface area contributed by atoms with Crippen molar-refractivity contribution in [1.82, 2.24) is 15.5 Å². The summed E-state index contributed by atoms with van der Waals surface area (Å²) in [5, 5.41) is 5.62. The lowest BCUT2D eigenvalue weighted by molar-refractivity contribution is 0.0690. The van der Waals surface area contributed by atoms with E-state index < -0.39 is 0 Å². The molecule has 6 nitrogen and oxygen atoms in total. The van der Waals surface area contributed by atoms with Crippen LogP contribution in [0.2, 0.25) is 0 Å². The Hall–Kier alpha value is -2.83. The topological polar surface area (TPSA) is 74.6 Å². The maximum absolute atomic E-state index is 12.8. The molecular formula is C19H22FN3O3. The van der Waals surface area contributed by atoms with Crippen LogP contribution in [-0.4, -0.2) is 36.5 Å². The molecule has 26 heavy (non-hydrogen) atoms. The Kier molecular flexibility index (Phi) is 5.88. The Balaban J connectivity index is 1.35. The number of likely N-dealkylation sites (tertiary alicyclic amines) is 1. The molecule has 1 aliphatic rings. The molecule has 0 saturated carbocycles. The van der Waals surface area contributed by atoms with Gasteiger partial charge in [-0.2, -0.15) is 0 Å². The molecule has 3 rings (SSSR count). The maximum Gasteiger partial charge on any atom is 0.315 e. The maximum atomic E-state index is 12.8. The normalized spacial score (nSPS) is 14.9. The summed E-state index contributed by atoms with van der Waals surface area (Å²) in [6.45, 7) is 2.27. The second-order valence-corrected chi connectivity index (χ2v) is 6.44. The highest BCUT2D eigenvalue weighted by Gasteiger charge is 2.24. The molecule has 7 heteroatoms. The van der Waals surface area contributed by atoms with Gasteiger partial charge >= 0.3 is 6.03 Å². The zero-order valence-corrected chi connectivity index (χ0v) is 14.4. The van der Waals surface area contributed by atoms with Crippen molar-refractivity contribution in [3.05, 3.63) is 59.8 Å². The lowest BCUT2D eigenvalue weighted by atomic mass is 9.96. The molecule has 0 atom stereocenters. The molecule has 1 aliphatic heterocycles. The largest absolute Gasteiger partial charge is 0.472 e. The van der Waals surface area contributed by atoms with Crippen LogP contribution in [0.1, 0.15) is 28.8 Å². The van der Waals surface area contributed by atoms with E-state index in [1.807, 2.05) is 4.90 Å². The number of carbonyl (C=O) groups is 2. The van der Waals surface area contributed by atoms with Crippen LogP contribution in [0.25, 0.3) is 0 Å². The molecule has 0 aliphatic carbocycles. The smallest absolute Gasteiger partial charge is 0.315 e. The third-order valence-corrected chi connectivity index (χ3v) is 4.59. The lowest BCUT2D eigenvalue weighted by Gasteiger charge is -2.31. The van der Waals surface area contributed by atoms with Crippen LogP contribution in [0.4, 0.5) is 9.18 Å². The van der Waals surface area contributed by atoms with Crippen molar-refractivity contribution >= 4 is 11.9 Å². The number of nitrogens with zero attached hydrogens (tertiary/aromatic N) is 1. The van der Waals surface area contributed by atoms with Crippen molar-refractivity contribution in [1.29, 1.82) is 0 Å². The zero-order chi connectivity index (χ0) is 18.4. The number of urea groups is 1. The molecule has 2 N–H and O–H groups in total. The fourth-order valence-corrected chi connectivity index (χ4v) is 2.99. The van der Waals surface area contributed by atoms with Crippen LogP contribution in [0.5, 0.6) is 0 Å². The Morgan fingerprint density at radius 2 is 1.85 bits per heavy atom. The van der Waals surface area contributed by atoms with Crippen molar-refractivity contribution in [3.8, 4) is 0 Å². The van der Waals surface area contributed by atoms with Crippen molar-refractivity contribution < 1.29 is 18.4 Å². The molecule has 1 saturated heterocycles. The van der Waals surface area contributed by atoms with Crippen molar-refractivity contribution in [2.75, 3.05) is 19.6 Å². The van der Waals surface area contributed by atoms with Crippen molar-refractivity contribution in [2.45, 2.75) is 19.4 Å². The first-order valence-corrected chi connectivity index (χ1v) is 8.69. The molecule has 1 fully saturated rings. The van der Waals surface area contributed by atoms with E-state index in [1.165, 1.54) is 24.7 Å². The second-order valence-electron chi connectivity index (χ2n) is 6.44. The van der Waals surface area contributed by atoms with E-state index >= 15 is 0 Å². The number of amides is 3. The molecule has 1 aromatic heterocycles. The van der Waals surface area contributed by atoms with Gasteiger partial charge in [0, 0.05) is 26.2 Å². The first-order valence-electron chi connectivity index (χ1n) is 8.69. The van der Waals surface area contributed by atoms with Gasteiger partial charge in [0.05, 0.1) is 11.8 Å². The summed E-state index contributed by atoms with van der Waals surface area (Å²) in [6, 6.07) is 7.44. The van der Waals surface area contributed by atoms with Crippen LogP contribution in [0.3, 0.4) is 0 Å². The van der Waals surface area contributed by atoms with Gasteiger partial charge in [0.1, 0.15) is 12.1 Å². The number of benzene rings is 1. The highest BCUT2D eigenvalue weighted by atomic mass is 19.1. The van der Waals surface area contributed by atoms with Crippen molar-refractivity contribution in [2.24, 2.45) is 5.92 Å². The molecule has 0 spiro atoms. The van der Waals surface area contributed by atoms with E-state index in [2.05, 4.69) is 10.6 Å². The van der Waals surface area contributed by atoms with Crippen LogP contribution in [0, 0.1) is 11.7 Å². The fraction of sp³-hybridized carbons (Fsp3) is 0.368. The summed E-state index contributed by atoms with van der Waals surface area (Å²) in [5.41, 5.74) is 1.41. The minimum Gasteiger partial charge on any atom is -0.472 e. The number of hydrogen-bond acceptors (Lipinski definition) is 3. The minimum atomic E-state index is -0.296. The van der Waals surface area contributed by atoms with Gasteiger partial charge in [0.15, 0.2) is 0 Å². The monoisotopic (exact) mass is 359 g/mol. The molecular weight excluding hydrogens is 337 g/mol. The second kappa shape index (κ2) is 8.51. The van der Waals surface area contributed by atoms with Crippen LogP contribution >= 0.6 is 0 Å². The van der Waals surface area contributed by atoms with Gasteiger partial charge in [-0.05, 0) is 42.5 Å². The predicted molar refractivity (Wildman–Crippen MR) is 94.0 cm³/mol. The number of hydrogen-bond donors (Lipinski definition) is 2. The molecule has 0 bridgehead atoms. The Morgan fingerprint density at radius 3 is 2.50 bits per heavy atom. The van der Waals surface area contributed by atoms with Gasteiger partial charge in [-0.3, -0.25) is 4.79 Å². The summed E-state index contributed by atoms with van der Waals surface area (Å²) in [4.78, 5) is 25.9. The average Bonchev–Trinajstić information content (AvgIpc) is 3.20. The van der Waals surface area contributed by atoms with Gasteiger partial charge in [0.2, 0.25) is 0 Å². The summed E-state index contributed by atoms with van der Waals surface area (Å²) in [5.74, 6) is 0.0398. The molecule has 2 aromatic rings. The number of piperidine rings is 1. The fourth-order valence-electron chi connectivity index (χ4n) is 2.99. The molecule has 0 unspecified atom stereocenters. The predicted octanol–water partition coefficient (Wildman–Crippen LogP) is 2.77. The first-order chi connectivity index (χ1) is 12.6. The lowest BCUT2D eigenvalue weighted by Crippen LogP contribution is -2.43. The van der Waals surface area contributed by atoms with Crippen LogP contribution in [-0.2, 0) is 6.54 Å². The minimum absolute atomic E-state index is 0.0119. The number of furan rings is 1. The van der Waals surface area contributed by atoms with Crippen LogP contribution < -0.4 is 10.6 Å². The zero-order valence-electron chi connectivity index (χ0n) is 14.4. The van der Waals surface area contributed by atoms with Crippen LogP contribution in [0.15, 0.2) is 47.3 Å². The summed E-state index contributed by atoms with van der Waals surface area (Å²) < 4.78 is 17.8. The molecule has 3 amide bonds. The van der Waals surface area contributed by atoms with Gasteiger partial charge in [-0.1, -0.05) is 12.1 Å². The molecule has 1 aromatic carbocycles. The highest BCUT2D eigenvalue weighted by molar-refractivity contribution is 5.93. The van der Waals surface area contributed by atoms with Crippen molar-refractivity contribution in [3.63, 3.8) is 0 Å². The molecule has 0 radical (unpaired) electrons. The summed E-state index contributed by atoms with van der Waals surface area (Å²) >= 11 is 0. The van der Waals surface area contributed by atoms with Gasteiger partial charge < -0.3 is 20.0 Å². The van der Waals surface area contributed by atoms with E-state index in [0.29, 0.717) is 37.7 Å². The standard InChI is InChI=1S/C19H22FN3O3/c20-17-3-1-14(2-4-17)11-21-19(25)22-12-15-5-8-23(9-6-15)18(24)16-7-10-26-13-16/h1-4,7,10,13,15H,5-6,8-9,11-12H2,(H2,21,22,25). The van der Waals surface area contributed by atoms with E-state index in [4.69, 9.17) is 4.42 Å². The number of rotatable bonds is 5. The highest BCUT2D eigenvalue weighted by Crippen LogP contribution is 2.18. The number of halogens is 1. The Labute approximate surface area is 151 Å². The molecule has 2 heterocycles. The van der Waals surface area contributed by atoms with E-state index in [9.17, 15) is 14.0 Å². The third-order valence-electron chi connectivity index (χ3n) is 4.59. The van der Waals surface area contributed by atoms with E-state index in [0.717, 1.165) is 18.4 Å². The summed E-state index contributed by atoms with van der Waals surface area (Å²) in [6.07, 6.45) is 4.65. The first kappa shape index (κ1) is 18.0. The SMILES string of the molecule is O=C(NCc1ccc(F)cc1)NCC1CCN(C(=O)c2ccoc2)CC1. The average molecular weight is 359 g/mol. The van der Waals surface area contributed by atoms with Gasteiger partial charge in [0.25, 0.3) is 5.91 Å². The Bertz CT molecular complexity index is 723. The number of nitrogens with one attached hydrogen (secondary N) is 2. The van der Waals surface area contributed by atoms with E-state index in [1.54, 1.807) is 18.2 Å². The van der Waals surface area contributed by atoms with Gasteiger partial charge in [-0.15, -0.1) is 0 Å². The van der Waals surface area contributed by atoms with E-state index in [-0.39, 0.29) is 17.8 Å². The number of carbonyl (C=O) groups excluding carboxylic acids is 2. The summed E-state index contributed by atoms with van der Waals surface area (Å²) in [7, 11) is 0. The Morgan fingerprint density at radius 1 is 1.12 bits per heavy atom.